The van der Waals surface area contributed by atoms with Gasteiger partial charge in [-0.2, -0.15) is 0 Å². The summed E-state index contributed by atoms with van der Waals surface area (Å²) in [7, 11) is 0. The highest BCUT2D eigenvalue weighted by atomic mass is 35.5. The zero-order chi connectivity index (χ0) is 11.5. The molecule has 0 saturated carbocycles. The van der Waals surface area contributed by atoms with Gasteiger partial charge in [-0.1, -0.05) is 17.7 Å². The number of aliphatic hydroxyl groups is 1. The van der Waals surface area contributed by atoms with Crippen LogP contribution in [0.1, 0.15) is 11.1 Å². The van der Waals surface area contributed by atoms with E-state index < -0.39 is 0 Å². The molecule has 1 heterocycles. The standard InChI is InChI=1S/C12H11ClFNO/c13-12-5-11(14)2-1-10(12)7-15-4-3-9(6-15)8-16/h1-6,16H,7-8H2. The monoisotopic (exact) mass is 239 g/mol. The number of aliphatic hydroxyl groups excluding tert-OH is 1. The summed E-state index contributed by atoms with van der Waals surface area (Å²) in [6.45, 7) is 0.587. The van der Waals surface area contributed by atoms with Crippen LogP contribution in [0.2, 0.25) is 5.02 Å². The van der Waals surface area contributed by atoms with E-state index in [1.165, 1.54) is 12.1 Å². The molecule has 0 spiro atoms. The third kappa shape index (κ3) is 2.43. The molecule has 84 valence electrons. The minimum atomic E-state index is -0.336. The van der Waals surface area contributed by atoms with Crippen molar-refractivity contribution < 1.29 is 9.50 Å². The van der Waals surface area contributed by atoms with Crippen molar-refractivity contribution in [3.05, 3.63) is 58.6 Å². The molecule has 0 radical (unpaired) electrons. The van der Waals surface area contributed by atoms with Gasteiger partial charge in [-0.25, -0.2) is 4.39 Å². The fourth-order valence-corrected chi connectivity index (χ4v) is 1.76. The first kappa shape index (κ1) is 11.2. The SMILES string of the molecule is OCc1ccn(Cc2ccc(F)cc2Cl)c1. The van der Waals surface area contributed by atoms with Crippen LogP contribution in [0.5, 0.6) is 0 Å². The Labute approximate surface area is 97.9 Å². The highest BCUT2D eigenvalue weighted by molar-refractivity contribution is 6.31. The molecule has 0 fully saturated rings. The van der Waals surface area contributed by atoms with Gasteiger partial charge in [0.25, 0.3) is 0 Å². The van der Waals surface area contributed by atoms with Gasteiger partial charge in [0.05, 0.1) is 6.61 Å². The normalized spacial score (nSPS) is 10.7. The number of hydrogen-bond donors (Lipinski definition) is 1. The third-order valence-corrected chi connectivity index (χ3v) is 2.71. The topological polar surface area (TPSA) is 25.2 Å². The summed E-state index contributed by atoms with van der Waals surface area (Å²) in [4.78, 5) is 0. The van der Waals surface area contributed by atoms with Crippen LogP contribution < -0.4 is 0 Å². The summed E-state index contributed by atoms with van der Waals surface area (Å²) in [5, 5.41) is 9.33. The summed E-state index contributed by atoms with van der Waals surface area (Å²) >= 11 is 5.92. The van der Waals surface area contributed by atoms with E-state index >= 15 is 0 Å². The van der Waals surface area contributed by atoms with Crippen molar-refractivity contribution in [2.24, 2.45) is 0 Å². The second-order valence-electron chi connectivity index (χ2n) is 3.59. The van der Waals surface area contributed by atoms with Crippen LogP contribution in [-0.4, -0.2) is 9.67 Å². The fraction of sp³-hybridized carbons (Fsp3) is 0.167. The fourth-order valence-electron chi connectivity index (χ4n) is 1.53. The van der Waals surface area contributed by atoms with E-state index in [-0.39, 0.29) is 12.4 Å². The number of hydrogen-bond acceptors (Lipinski definition) is 1. The first-order chi connectivity index (χ1) is 7.69. The van der Waals surface area contributed by atoms with Gasteiger partial charge in [-0.05, 0) is 29.3 Å². The number of nitrogens with zero attached hydrogens (tertiary/aromatic N) is 1. The van der Waals surface area contributed by atoms with E-state index in [2.05, 4.69) is 0 Å². The first-order valence-electron chi connectivity index (χ1n) is 4.88. The summed E-state index contributed by atoms with van der Waals surface area (Å²) in [6, 6.07) is 6.18. The summed E-state index contributed by atoms with van der Waals surface area (Å²) in [5.74, 6) is -0.336. The van der Waals surface area contributed by atoms with Gasteiger partial charge < -0.3 is 9.67 Å². The highest BCUT2D eigenvalue weighted by Crippen LogP contribution is 2.18. The van der Waals surface area contributed by atoms with Gasteiger partial charge in [0.15, 0.2) is 0 Å². The molecule has 1 aromatic carbocycles. The minimum absolute atomic E-state index is 0.0180. The largest absolute Gasteiger partial charge is 0.392 e. The van der Waals surface area contributed by atoms with Gasteiger partial charge in [0, 0.05) is 24.0 Å². The van der Waals surface area contributed by atoms with Crippen LogP contribution in [0.15, 0.2) is 36.7 Å². The maximum atomic E-state index is 12.8. The van der Waals surface area contributed by atoms with Crippen LogP contribution in [0.4, 0.5) is 4.39 Å². The van der Waals surface area contributed by atoms with Gasteiger partial charge in [-0.15, -0.1) is 0 Å². The molecular weight excluding hydrogens is 229 g/mol. The molecule has 0 aliphatic rings. The van der Waals surface area contributed by atoms with Crippen molar-refractivity contribution in [3.63, 3.8) is 0 Å². The summed E-state index contributed by atoms with van der Waals surface area (Å²) < 4.78 is 14.7. The number of halogens is 2. The second-order valence-corrected chi connectivity index (χ2v) is 3.99. The average molecular weight is 240 g/mol. The molecule has 0 unspecified atom stereocenters. The predicted molar refractivity (Wildman–Crippen MR) is 60.9 cm³/mol. The Balaban J connectivity index is 2.20. The van der Waals surface area contributed by atoms with E-state index in [1.54, 1.807) is 6.07 Å². The Kier molecular flexibility index (Phi) is 3.27. The molecule has 1 N–H and O–H groups in total. The predicted octanol–water partition coefficient (Wildman–Crippen LogP) is 2.82. The van der Waals surface area contributed by atoms with Crippen molar-refractivity contribution >= 4 is 11.6 Å². The molecule has 2 rings (SSSR count). The van der Waals surface area contributed by atoms with Crippen molar-refractivity contribution in [1.82, 2.24) is 4.57 Å². The lowest BCUT2D eigenvalue weighted by atomic mass is 10.2. The van der Waals surface area contributed by atoms with Crippen molar-refractivity contribution in [1.29, 1.82) is 0 Å². The van der Waals surface area contributed by atoms with E-state index in [0.717, 1.165) is 11.1 Å². The minimum Gasteiger partial charge on any atom is -0.392 e. The Morgan fingerprint density at radius 1 is 1.31 bits per heavy atom. The molecule has 0 amide bonds. The van der Waals surface area contributed by atoms with Crippen LogP contribution in [-0.2, 0) is 13.2 Å². The van der Waals surface area contributed by atoms with Crippen molar-refractivity contribution in [2.75, 3.05) is 0 Å². The van der Waals surface area contributed by atoms with Crippen LogP contribution in [0.3, 0.4) is 0 Å². The van der Waals surface area contributed by atoms with Gasteiger partial charge >= 0.3 is 0 Å². The quantitative estimate of drug-likeness (QED) is 0.876. The second kappa shape index (κ2) is 4.68. The Hall–Kier alpha value is -1.32. The lowest BCUT2D eigenvalue weighted by Crippen LogP contribution is -1.97. The zero-order valence-electron chi connectivity index (χ0n) is 8.53. The summed E-state index contributed by atoms with van der Waals surface area (Å²) in [6.07, 6.45) is 3.69. The van der Waals surface area contributed by atoms with Gasteiger partial charge in [0.2, 0.25) is 0 Å². The molecule has 0 saturated heterocycles. The molecule has 0 bridgehead atoms. The highest BCUT2D eigenvalue weighted by Gasteiger charge is 2.03. The maximum Gasteiger partial charge on any atom is 0.124 e. The first-order valence-corrected chi connectivity index (χ1v) is 5.26. The molecule has 2 nitrogen and oxygen atoms in total. The Morgan fingerprint density at radius 2 is 2.12 bits per heavy atom. The number of rotatable bonds is 3. The molecule has 4 heteroatoms. The molecular formula is C12H11ClFNO. The summed E-state index contributed by atoms with van der Waals surface area (Å²) in [5.41, 5.74) is 1.70. The third-order valence-electron chi connectivity index (χ3n) is 2.36. The van der Waals surface area contributed by atoms with Gasteiger partial charge in [-0.3, -0.25) is 0 Å². The zero-order valence-corrected chi connectivity index (χ0v) is 9.28. The number of aromatic nitrogens is 1. The molecule has 0 aliphatic heterocycles. The lowest BCUT2D eigenvalue weighted by molar-refractivity contribution is 0.282. The van der Waals surface area contributed by atoms with Crippen molar-refractivity contribution in [2.45, 2.75) is 13.2 Å². The van der Waals surface area contributed by atoms with E-state index in [9.17, 15) is 4.39 Å². The van der Waals surface area contributed by atoms with Crippen LogP contribution in [0, 0.1) is 5.82 Å². The van der Waals surface area contributed by atoms with Crippen LogP contribution >= 0.6 is 11.6 Å². The van der Waals surface area contributed by atoms with E-state index in [0.29, 0.717) is 11.6 Å². The Morgan fingerprint density at radius 3 is 2.75 bits per heavy atom. The molecule has 2 aromatic rings. The maximum absolute atomic E-state index is 12.8. The van der Waals surface area contributed by atoms with E-state index in [4.69, 9.17) is 16.7 Å². The van der Waals surface area contributed by atoms with Crippen LogP contribution in [0.25, 0.3) is 0 Å². The van der Waals surface area contributed by atoms with Gasteiger partial charge in [0.1, 0.15) is 5.82 Å². The number of benzene rings is 1. The molecule has 0 aliphatic carbocycles. The van der Waals surface area contributed by atoms with E-state index in [1.807, 2.05) is 23.0 Å². The molecule has 0 atom stereocenters. The van der Waals surface area contributed by atoms with Crippen molar-refractivity contribution in [3.8, 4) is 0 Å². The smallest absolute Gasteiger partial charge is 0.124 e. The molecule has 1 aromatic heterocycles. The Bertz CT molecular complexity index is 496. The average Bonchev–Trinajstić information content (AvgIpc) is 2.70. The molecule has 16 heavy (non-hydrogen) atoms. The lowest BCUT2D eigenvalue weighted by Gasteiger charge is -2.05.